The number of esters is 1. The average molecular weight is 383 g/mol. The average Bonchev–Trinajstić information content (AvgIpc) is 3.07. The van der Waals surface area contributed by atoms with Crippen LogP contribution in [-0.2, 0) is 14.3 Å². The molecular weight excluding hydrogens is 356 g/mol. The van der Waals surface area contributed by atoms with Crippen molar-refractivity contribution in [2.75, 3.05) is 19.0 Å². The molecule has 2 aliphatic rings. The normalized spacial score (nSPS) is 24.1. The molecule has 7 heteroatoms. The third kappa shape index (κ3) is 5.35. The fraction of sp³-hybridized carbons (Fsp3) is 0.579. The van der Waals surface area contributed by atoms with Crippen LogP contribution in [-0.4, -0.2) is 37.7 Å². The monoisotopic (exact) mass is 382 g/mol. The van der Waals surface area contributed by atoms with Crippen LogP contribution in [0.1, 0.15) is 38.5 Å². The summed E-state index contributed by atoms with van der Waals surface area (Å²) in [7, 11) is 1.36. The van der Waals surface area contributed by atoms with Crippen LogP contribution in [0.3, 0.4) is 0 Å². The first-order valence-corrected chi connectivity index (χ1v) is 9.02. The minimum atomic E-state index is -0.298. The SMILES string of the molecule is COC(=O)CCOc1ccc(NC(=O)C2CC3CCCCC3N2)cc1.Cl. The second-order valence-corrected chi connectivity index (χ2v) is 6.79. The van der Waals surface area contributed by atoms with E-state index in [1.165, 1.54) is 32.8 Å². The number of fused-ring (bicyclic) bond motifs is 1. The Kier molecular flexibility index (Phi) is 7.72. The number of benzene rings is 1. The number of hydrogen-bond acceptors (Lipinski definition) is 5. The molecule has 0 radical (unpaired) electrons. The van der Waals surface area contributed by atoms with Crippen LogP contribution in [0.25, 0.3) is 0 Å². The number of rotatable bonds is 6. The van der Waals surface area contributed by atoms with Gasteiger partial charge in [-0.2, -0.15) is 0 Å². The Morgan fingerprint density at radius 3 is 2.62 bits per heavy atom. The fourth-order valence-electron chi connectivity index (χ4n) is 3.74. The van der Waals surface area contributed by atoms with Crippen LogP contribution in [0.15, 0.2) is 24.3 Å². The van der Waals surface area contributed by atoms with Gasteiger partial charge in [-0.1, -0.05) is 12.8 Å². The van der Waals surface area contributed by atoms with E-state index in [1.54, 1.807) is 12.1 Å². The van der Waals surface area contributed by atoms with E-state index in [1.807, 2.05) is 12.1 Å². The van der Waals surface area contributed by atoms with Crippen LogP contribution in [0.4, 0.5) is 5.69 Å². The molecule has 1 heterocycles. The Labute approximate surface area is 160 Å². The lowest BCUT2D eigenvalue weighted by molar-refractivity contribution is -0.141. The molecule has 3 atom stereocenters. The molecule has 0 spiro atoms. The third-order valence-corrected chi connectivity index (χ3v) is 5.10. The highest BCUT2D eigenvalue weighted by Gasteiger charge is 2.38. The molecule has 2 fully saturated rings. The van der Waals surface area contributed by atoms with E-state index in [2.05, 4.69) is 15.4 Å². The van der Waals surface area contributed by atoms with Crippen molar-refractivity contribution in [1.29, 1.82) is 0 Å². The van der Waals surface area contributed by atoms with E-state index in [0.29, 0.717) is 17.7 Å². The summed E-state index contributed by atoms with van der Waals surface area (Å²) < 4.78 is 10.0. The maximum absolute atomic E-state index is 12.5. The number of halogens is 1. The van der Waals surface area contributed by atoms with Crippen LogP contribution in [0, 0.1) is 5.92 Å². The van der Waals surface area contributed by atoms with E-state index in [-0.39, 0.29) is 43.4 Å². The number of anilines is 1. The Balaban J connectivity index is 0.00000243. The molecule has 0 bridgehead atoms. The van der Waals surface area contributed by atoms with Gasteiger partial charge in [-0.3, -0.25) is 9.59 Å². The molecule has 6 nitrogen and oxygen atoms in total. The lowest BCUT2D eigenvalue weighted by atomic mass is 9.85. The van der Waals surface area contributed by atoms with E-state index in [4.69, 9.17) is 4.74 Å². The van der Waals surface area contributed by atoms with Crippen LogP contribution < -0.4 is 15.4 Å². The number of carbonyl (C=O) groups excluding carboxylic acids is 2. The van der Waals surface area contributed by atoms with Gasteiger partial charge in [0.2, 0.25) is 5.91 Å². The van der Waals surface area contributed by atoms with Gasteiger partial charge in [0.05, 0.1) is 26.2 Å². The number of nitrogens with one attached hydrogen (secondary N) is 2. The minimum Gasteiger partial charge on any atom is -0.493 e. The zero-order chi connectivity index (χ0) is 17.6. The zero-order valence-corrected chi connectivity index (χ0v) is 15.8. The number of methoxy groups -OCH3 is 1. The zero-order valence-electron chi connectivity index (χ0n) is 15.0. The molecule has 1 aromatic carbocycles. The first-order valence-electron chi connectivity index (χ1n) is 9.02. The Morgan fingerprint density at radius 1 is 1.19 bits per heavy atom. The third-order valence-electron chi connectivity index (χ3n) is 5.10. The van der Waals surface area contributed by atoms with Gasteiger partial charge < -0.3 is 20.1 Å². The first-order chi connectivity index (χ1) is 12.2. The van der Waals surface area contributed by atoms with Gasteiger partial charge in [0.1, 0.15) is 5.75 Å². The Hall–Kier alpha value is -1.79. The molecule has 2 N–H and O–H groups in total. The van der Waals surface area contributed by atoms with E-state index in [0.717, 1.165) is 12.1 Å². The molecular formula is C19H27ClN2O4. The van der Waals surface area contributed by atoms with Crippen molar-refractivity contribution in [3.63, 3.8) is 0 Å². The molecule has 1 saturated heterocycles. The molecule has 1 aliphatic carbocycles. The van der Waals surface area contributed by atoms with Crippen molar-refractivity contribution < 1.29 is 19.1 Å². The van der Waals surface area contributed by atoms with Crippen molar-refractivity contribution in [1.82, 2.24) is 5.32 Å². The summed E-state index contributed by atoms with van der Waals surface area (Å²) in [5.41, 5.74) is 0.752. The fourth-order valence-corrected chi connectivity index (χ4v) is 3.74. The highest BCUT2D eigenvalue weighted by molar-refractivity contribution is 5.95. The predicted molar refractivity (Wildman–Crippen MR) is 102 cm³/mol. The maximum Gasteiger partial charge on any atom is 0.308 e. The molecule has 3 unspecified atom stereocenters. The first kappa shape index (κ1) is 20.5. The van der Waals surface area contributed by atoms with Gasteiger partial charge in [-0.15, -0.1) is 12.4 Å². The summed E-state index contributed by atoms with van der Waals surface area (Å²) in [6, 6.07) is 7.61. The van der Waals surface area contributed by atoms with Crippen molar-refractivity contribution in [3.05, 3.63) is 24.3 Å². The molecule has 1 aliphatic heterocycles. The molecule has 0 aromatic heterocycles. The summed E-state index contributed by atoms with van der Waals surface area (Å²) in [5.74, 6) is 1.05. The van der Waals surface area contributed by atoms with Gasteiger partial charge in [-0.05, 0) is 49.4 Å². The molecule has 1 saturated carbocycles. The molecule has 3 rings (SSSR count). The van der Waals surface area contributed by atoms with Gasteiger partial charge in [0.25, 0.3) is 0 Å². The molecule has 144 valence electrons. The molecule has 1 amide bonds. The van der Waals surface area contributed by atoms with Gasteiger partial charge in [0, 0.05) is 11.7 Å². The van der Waals surface area contributed by atoms with Crippen LogP contribution >= 0.6 is 12.4 Å². The van der Waals surface area contributed by atoms with E-state index in [9.17, 15) is 9.59 Å². The summed E-state index contributed by atoms with van der Waals surface area (Å²) in [4.78, 5) is 23.5. The maximum atomic E-state index is 12.5. The number of hydrogen-bond donors (Lipinski definition) is 2. The van der Waals surface area contributed by atoms with E-state index >= 15 is 0 Å². The summed E-state index contributed by atoms with van der Waals surface area (Å²) in [5, 5.41) is 6.46. The number of ether oxygens (including phenoxy) is 2. The quantitative estimate of drug-likeness (QED) is 0.740. The highest BCUT2D eigenvalue weighted by Crippen LogP contribution is 2.33. The van der Waals surface area contributed by atoms with Gasteiger partial charge in [0.15, 0.2) is 0 Å². The van der Waals surface area contributed by atoms with Gasteiger partial charge in [-0.25, -0.2) is 0 Å². The van der Waals surface area contributed by atoms with Crippen molar-refractivity contribution in [2.45, 2.75) is 50.6 Å². The van der Waals surface area contributed by atoms with Crippen molar-refractivity contribution in [2.24, 2.45) is 5.92 Å². The smallest absolute Gasteiger partial charge is 0.308 e. The second-order valence-electron chi connectivity index (χ2n) is 6.79. The van der Waals surface area contributed by atoms with Crippen molar-refractivity contribution >= 4 is 30.0 Å². The number of carbonyl (C=O) groups is 2. The molecule has 26 heavy (non-hydrogen) atoms. The number of amides is 1. The predicted octanol–water partition coefficient (Wildman–Crippen LogP) is 2.91. The van der Waals surface area contributed by atoms with Crippen molar-refractivity contribution in [3.8, 4) is 5.75 Å². The summed E-state index contributed by atoms with van der Waals surface area (Å²) in [6.07, 6.45) is 6.12. The lowest BCUT2D eigenvalue weighted by Gasteiger charge is -2.24. The largest absolute Gasteiger partial charge is 0.493 e. The van der Waals surface area contributed by atoms with Crippen LogP contribution in [0.2, 0.25) is 0 Å². The highest BCUT2D eigenvalue weighted by atomic mass is 35.5. The van der Waals surface area contributed by atoms with Gasteiger partial charge >= 0.3 is 5.97 Å². The van der Waals surface area contributed by atoms with E-state index < -0.39 is 0 Å². The second kappa shape index (κ2) is 9.78. The minimum absolute atomic E-state index is 0. The lowest BCUT2D eigenvalue weighted by Crippen LogP contribution is -2.39. The molecule has 1 aromatic rings. The summed E-state index contributed by atoms with van der Waals surface area (Å²) in [6.45, 7) is 0.271. The topological polar surface area (TPSA) is 76.7 Å². The Morgan fingerprint density at radius 2 is 1.92 bits per heavy atom. The van der Waals surface area contributed by atoms with Crippen LogP contribution in [0.5, 0.6) is 5.75 Å². The Bertz CT molecular complexity index is 594. The standard InChI is InChI=1S/C19H26N2O4.ClH/c1-24-18(22)10-11-25-15-8-6-14(7-9-15)20-19(23)17-12-13-4-2-3-5-16(13)21-17;/h6-9,13,16-17,21H,2-5,10-12H2,1H3,(H,20,23);1H. The summed E-state index contributed by atoms with van der Waals surface area (Å²) >= 11 is 0.